The predicted molar refractivity (Wildman–Crippen MR) is 183 cm³/mol. The molecule has 12 nitrogen and oxygen atoms in total. The van der Waals surface area contributed by atoms with E-state index >= 15 is 0 Å². The van der Waals surface area contributed by atoms with Crippen molar-refractivity contribution >= 4 is 29.1 Å². The second-order valence-corrected chi connectivity index (χ2v) is 12.1. The van der Waals surface area contributed by atoms with Crippen molar-refractivity contribution in [2.24, 2.45) is 0 Å². The van der Waals surface area contributed by atoms with Crippen molar-refractivity contribution in [3.05, 3.63) is 82.4 Å². The fourth-order valence-electron chi connectivity index (χ4n) is 5.72. The first kappa shape index (κ1) is 33.3. The molecule has 0 bridgehead atoms. The van der Waals surface area contributed by atoms with Crippen LogP contribution in [-0.4, -0.2) is 67.8 Å². The molecule has 0 spiro atoms. The summed E-state index contributed by atoms with van der Waals surface area (Å²) in [7, 11) is 3.15. The summed E-state index contributed by atoms with van der Waals surface area (Å²) in [6.45, 7) is 1.15. The summed E-state index contributed by atoms with van der Waals surface area (Å²) >= 11 is 14.1. The van der Waals surface area contributed by atoms with E-state index in [1.54, 1.807) is 26.6 Å². The van der Waals surface area contributed by atoms with Crippen LogP contribution >= 0.6 is 23.2 Å². The lowest BCUT2D eigenvalue weighted by atomic mass is 9.98. The third-order valence-corrected chi connectivity index (χ3v) is 9.01. The number of carbonyl (C=O) groups is 1. The number of nitrogens with zero attached hydrogens (tertiary/aromatic N) is 6. The van der Waals surface area contributed by atoms with E-state index in [4.69, 9.17) is 42.6 Å². The van der Waals surface area contributed by atoms with Gasteiger partial charge in [-0.1, -0.05) is 59.6 Å². The molecular weight excluding hydrogens is 653 g/mol. The SMILES string of the molecule is COc1nc(-c2cccc(-c3cccc(-c4cnc(CNCCc5ncn[nH]5)c(OC)n4)c3Cl)c2Cl)cnc1CCC[C@@H]1CCC(=O)N1. The van der Waals surface area contributed by atoms with E-state index in [0.29, 0.717) is 82.4 Å². The van der Waals surface area contributed by atoms with E-state index in [0.717, 1.165) is 41.9 Å². The number of hydrogen-bond acceptors (Lipinski definition) is 10. The molecule has 0 aliphatic carbocycles. The summed E-state index contributed by atoms with van der Waals surface area (Å²) in [5, 5.41) is 14.0. The first-order chi connectivity index (χ1) is 23.4. The average Bonchev–Trinajstić information content (AvgIpc) is 3.79. The van der Waals surface area contributed by atoms with Crippen LogP contribution in [0, 0.1) is 0 Å². The number of hydrogen-bond donors (Lipinski definition) is 3. The fourth-order valence-corrected chi connectivity index (χ4v) is 6.37. The van der Waals surface area contributed by atoms with Gasteiger partial charge in [-0.05, 0) is 25.7 Å². The van der Waals surface area contributed by atoms with Gasteiger partial charge in [-0.2, -0.15) is 5.10 Å². The van der Waals surface area contributed by atoms with Crippen molar-refractivity contribution in [3.63, 3.8) is 0 Å². The van der Waals surface area contributed by atoms with Gasteiger partial charge in [-0.25, -0.2) is 15.0 Å². The number of nitrogens with one attached hydrogen (secondary N) is 3. The third kappa shape index (κ3) is 7.56. The summed E-state index contributed by atoms with van der Waals surface area (Å²) < 4.78 is 11.2. The Morgan fingerprint density at radius 3 is 2.06 bits per heavy atom. The van der Waals surface area contributed by atoms with E-state index in [9.17, 15) is 4.79 Å². The molecule has 5 aromatic rings. The Morgan fingerprint density at radius 2 is 1.48 bits per heavy atom. The number of carbonyl (C=O) groups excluding carboxylic acids is 1. The Hall–Kier alpha value is -4.65. The van der Waals surface area contributed by atoms with Crippen molar-refractivity contribution in [2.45, 2.75) is 51.1 Å². The molecule has 6 rings (SSSR count). The maximum atomic E-state index is 11.5. The maximum Gasteiger partial charge on any atom is 0.237 e. The summed E-state index contributed by atoms with van der Waals surface area (Å²) in [5.74, 6) is 1.78. The highest BCUT2D eigenvalue weighted by Crippen LogP contribution is 2.42. The Labute approximate surface area is 288 Å². The molecular formula is C34H35Cl2N9O3. The molecule has 3 N–H and O–H groups in total. The Morgan fingerprint density at radius 1 is 0.854 bits per heavy atom. The molecule has 48 heavy (non-hydrogen) atoms. The van der Waals surface area contributed by atoms with Gasteiger partial charge in [0.15, 0.2) is 0 Å². The maximum absolute atomic E-state index is 11.5. The summed E-state index contributed by atoms with van der Waals surface area (Å²) in [6.07, 6.45) is 9.50. The van der Waals surface area contributed by atoms with Crippen molar-refractivity contribution in [2.75, 3.05) is 20.8 Å². The Bertz CT molecular complexity index is 1890. The lowest BCUT2D eigenvalue weighted by molar-refractivity contribution is -0.119. The van der Waals surface area contributed by atoms with Crippen LogP contribution in [-0.2, 0) is 24.2 Å². The molecule has 0 saturated carbocycles. The number of H-pyrrole nitrogens is 1. The van der Waals surface area contributed by atoms with Crippen LogP contribution in [0.25, 0.3) is 33.6 Å². The number of ether oxygens (including phenoxy) is 2. The van der Waals surface area contributed by atoms with Crippen molar-refractivity contribution in [1.82, 2.24) is 45.8 Å². The van der Waals surface area contributed by atoms with Crippen LogP contribution < -0.4 is 20.1 Å². The summed E-state index contributed by atoms with van der Waals surface area (Å²) in [4.78, 5) is 34.4. The zero-order chi connectivity index (χ0) is 33.5. The number of methoxy groups -OCH3 is 2. The van der Waals surface area contributed by atoms with Gasteiger partial charge in [-0.3, -0.25) is 19.9 Å². The molecule has 0 unspecified atom stereocenters. The Balaban J connectivity index is 1.20. The van der Waals surface area contributed by atoms with Crippen LogP contribution in [0.1, 0.15) is 42.9 Å². The van der Waals surface area contributed by atoms with Gasteiger partial charge in [-0.15, -0.1) is 0 Å². The molecule has 1 aliphatic heterocycles. The first-order valence-electron chi connectivity index (χ1n) is 15.7. The van der Waals surface area contributed by atoms with E-state index in [2.05, 4.69) is 35.8 Å². The summed E-state index contributed by atoms with van der Waals surface area (Å²) in [5.41, 5.74) is 5.44. The lowest BCUT2D eigenvalue weighted by Gasteiger charge is -2.15. The van der Waals surface area contributed by atoms with Gasteiger partial charge in [0, 0.05) is 54.2 Å². The number of rotatable bonds is 14. The van der Waals surface area contributed by atoms with E-state index < -0.39 is 0 Å². The highest BCUT2D eigenvalue weighted by molar-refractivity contribution is 6.39. The lowest BCUT2D eigenvalue weighted by Crippen LogP contribution is -2.25. The van der Waals surface area contributed by atoms with Crippen molar-refractivity contribution in [3.8, 4) is 45.4 Å². The van der Waals surface area contributed by atoms with E-state index in [-0.39, 0.29) is 11.9 Å². The monoisotopic (exact) mass is 687 g/mol. The van der Waals surface area contributed by atoms with Gasteiger partial charge in [0.25, 0.3) is 0 Å². The fraction of sp³-hybridized carbons (Fsp3) is 0.324. The van der Waals surface area contributed by atoms with Crippen LogP contribution in [0.2, 0.25) is 10.0 Å². The number of benzene rings is 2. The molecule has 3 aromatic heterocycles. The second-order valence-electron chi connectivity index (χ2n) is 11.3. The molecule has 14 heteroatoms. The molecule has 4 heterocycles. The predicted octanol–water partition coefficient (Wildman–Crippen LogP) is 5.64. The molecule has 248 valence electrons. The normalized spacial score (nSPS) is 14.2. The number of aryl methyl sites for hydroxylation is 1. The molecule has 1 fully saturated rings. The highest BCUT2D eigenvalue weighted by Gasteiger charge is 2.22. The minimum absolute atomic E-state index is 0.122. The first-order valence-corrected chi connectivity index (χ1v) is 16.4. The third-order valence-electron chi connectivity index (χ3n) is 8.20. The zero-order valence-electron chi connectivity index (χ0n) is 26.6. The topological polar surface area (TPSA) is 153 Å². The molecule has 2 aromatic carbocycles. The van der Waals surface area contributed by atoms with Crippen LogP contribution in [0.4, 0.5) is 0 Å². The minimum Gasteiger partial charge on any atom is -0.480 e. The number of amides is 1. The average molecular weight is 689 g/mol. The molecule has 1 atom stereocenters. The van der Waals surface area contributed by atoms with Crippen molar-refractivity contribution in [1.29, 1.82) is 0 Å². The molecule has 0 radical (unpaired) electrons. The van der Waals surface area contributed by atoms with E-state index in [1.165, 1.54) is 6.33 Å². The largest absolute Gasteiger partial charge is 0.480 e. The van der Waals surface area contributed by atoms with Crippen LogP contribution in [0.3, 0.4) is 0 Å². The second kappa shape index (κ2) is 15.5. The highest BCUT2D eigenvalue weighted by atomic mass is 35.5. The molecule has 1 saturated heterocycles. The van der Waals surface area contributed by atoms with Gasteiger partial charge in [0.1, 0.15) is 23.5 Å². The van der Waals surface area contributed by atoms with Crippen LogP contribution in [0.5, 0.6) is 11.8 Å². The van der Waals surface area contributed by atoms with Crippen LogP contribution in [0.15, 0.2) is 55.1 Å². The zero-order valence-corrected chi connectivity index (χ0v) is 28.1. The van der Waals surface area contributed by atoms with Gasteiger partial charge in [0.05, 0.1) is 48.0 Å². The minimum atomic E-state index is 0.122. The number of aromatic amines is 1. The molecule has 1 aliphatic rings. The Kier molecular flexibility index (Phi) is 10.7. The number of halogens is 2. The quantitative estimate of drug-likeness (QED) is 0.125. The molecule has 1 amide bonds. The standard InChI is InChI=1S/C34H35Cl2N9O3/c1-47-33-25(11-3-6-20-12-13-30(46)42-20)38-17-26(43-33)23-9-4-7-21(31(23)35)22-8-5-10-24(32(22)36)27-18-39-28(34(44-27)48-2)16-37-15-14-29-40-19-41-45-29/h4-5,7-10,17-20,37H,3,6,11-16H2,1-2H3,(H,42,46)(H,40,41,45)/t20-/m1/s1. The smallest absolute Gasteiger partial charge is 0.237 e. The van der Waals surface area contributed by atoms with Crippen molar-refractivity contribution < 1.29 is 14.3 Å². The van der Waals surface area contributed by atoms with Gasteiger partial charge in [0.2, 0.25) is 17.7 Å². The van der Waals surface area contributed by atoms with Gasteiger partial charge < -0.3 is 20.1 Å². The van der Waals surface area contributed by atoms with Gasteiger partial charge >= 0.3 is 0 Å². The van der Waals surface area contributed by atoms with E-state index in [1.807, 2.05) is 36.4 Å². The summed E-state index contributed by atoms with van der Waals surface area (Å²) in [6, 6.07) is 11.6. The number of aromatic nitrogens is 7.